The Bertz CT molecular complexity index is 885. The summed E-state index contributed by atoms with van der Waals surface area (Å²) in [5.41, 5.74) is 4.81. The van der Waals surface area contributed by atoms with Gasteiger partial charge in [-0.2, -0.15) is 0 Å². The van der Waals surface area contributed by atoms with Crippen LogP contribution in [0.3, 0.4) is 0 Å². The Hall–Kier alpha value is -2.69. The van der Waals surface area contributed by atoms with E-state index in [1.54, 1.807) is 6.33 Å². The molecule has 2 aromatic heterocycles. The third kappa shape index (κ3) is 3.47. The van der Waals surface area contributed by atoms with Crippen LogP contribution in [-0.2, 0) is 7.05 Å². The normalized spacial score (nSPS) is 20.1. The summed E-state index contributed by atoms with van der Waals surface area (Å²) in [5, 5.41) is 11.9. The molecule has 5 nitrogen and oxygen atoms in total. The van der Waals surface area contributed by atoms with Gasteiger partial charge in [0.25, 0.3) is 0 Å². The van der Waals surface area contributed by atoms with Gasteiger partial charge in [0.1, 0.15) is 6.33 Å². The van der Waals surface area contributed by atoms with Crippen molar-refractivity contribution in [2.45, 2.75) is 44.6 Å². The van der Waals surface area contributed by atoms with Gasteiger partial charge >= 0.3 is 0 Å². The van der Waals surface area contributed by atoms with Crippen LogP contribution in [-0.4, -0.2) is 25.8 Å². The van der Waals surface area contributed by atoms with Crippen molar-refractivity contribution in [1.82, 2.24) is 19.7 Å². The van der Waals surface area contributed by atoms with Gasteiger partial charge in [-0.25, -0.2) is 0 Å². The number of hydrogen-bond donors (Lipinski definition) is 1. The number of nitrogens with zero attached hydrogens (tertiary/aromatic N) is 4. The molecule has 1 aromatic carbocycles. The van der Waals surface area contributed by atoms with Crippen molar-refractivity contribution in [2.24, 2.45) is 7.05 Å². The van der Waals surface area contributed by atoms with Crippen molar-refractivity contribution in [3.8, 4) is 11.4 Å². The second kappa shape index (κ2) is 7.28. The van der Waals surface area contributed by atoms with Crippen molar-refractivity contribution >= 4 is 5.69 Å². The average molecular weight is 347 g/mol. The van der Waals surface area contributed by atoms with Crippen LogP contribution < -0.4 is 5.32 Å². The zero-order valence-electron chi connectivity index (χ0n) is 15.4. The second-order valence-electron chi connectivity index (χ2n) is 7.26. The highest BCUT2D eigenvalue weighted by Gasteiger charge is 2.25. The number of pyridine rings is 1. The summed E-state index contributed by atoms with van der Waals surface area (Å²) in [6.45, 7) is 2.17. The first-order valence-electron chi connectivity index (χ1n) is 9.33. The molecule has 4 rings (SSSR count). The highest BCUT2D eigenvalue weighted by molar-refractivity contribution is 5.62. The van der Waals surface area contributed by atoms with E-state index in [9.17, 15) is 0 Å². The first kappa shape index (κ1) is 16.8. The minimum atomic E-state index is 0.477. The number of benzene rings is 1. The van der Waals surface area contributed by atoms with Crippen LogP contribution in [0.1, 0.15) is 42.9 Å². The van der Waals surface area contributed by atoms with Gasteiger partial charge in [0, 0.05) is 42.1 Å². The number of anilines is 1. The molecule has 1 aliphatic carbocycles. The monoisotopic (exact) mass is 347 g/mol. The molecule has 3 aromatic rings. The summed E-state index contributed by atoms with van der Waals surface area (Å²) in [7, 11) is 1.97. The lowest BCUT2D eigenvalue weighted by Gasteiger charge is -2.31. The highest BCUT2D eigenvalue weighted by Crippen LogP contribution is 2.34. The fourth-order valence-corrected chi connectivity index (χ4v) is 4.02. The van der Waals surface area contributed by atoms with Crippen LogP contribution in [0.2, 0.25) is 0 Å². The molecule has 2 atom stereocenters. The van der Waals surface area contributed by atoms with E-state index in [4.69, 9.17) is 0 Å². The van der Waals surface area contributed by atoms with Crippen LogP contribution in [0, 0.1) is 6.92 Å². The SMILES string of the molecule is Cc1cccnc1[C@H]1CCC[C@H](Nc2cccc(-c3nncn3C)c2)C1. The molecule has 0 unspecified atom stereocenters. The van der Waals surface area contributed by atoms with Crippen LogP contribution in [0.25, 0.3) is 11.4 Å². The minimum absolute atomic E-state index is 0.477. The fourth-order valence-electron chi connectivity index (χ4n) is 4.02. The maximum Gasteiger partial charge on any atom is 0.163 e. The number of aryl methyl sites for hydroxylation is 2. The van der Waals surface area contributed by atoms with E-state index in [1.807, 2.05) is 23.9 Å². The summed E-state index contributed by atoms with van der Waals surface area (Å²) < 4.78 is 1.94. The lowest BCUT2D eigenvalue weighted by atomic mass is 9.82. The molecule has 1 aliphatic rings. The predicted octanol–water partition coefficient (Wildman–Crippen LogP) is 4.32. The van der Waals surface area contributed by atoms with Crippen molar-refractivity contribution in [3.05, 3.63) is 60.2 Å². The molecular weight excluding hydrogens is 322 g/mol. The Kier molecular flexibility index (Phi) is 4.69. The van der Waals surface area contributed by atoms with Crippen molar-refractivity contribution < 1.29 is 0 Å². The van der Waals surface area contributed by atoms with E-state index in [2.05, 4.69) is 57.8 Å². The Morgan fingerprint density at radius 1 is 1.15 bits per heavy atom. The van der Waals surface area contributed by atoms with Gasteiger partial charge in [-0.3, -0.25) is 4.98 Å². The van der Waals surface area contributed by atoms with Gasteiger partial charge in [-0.15, -0.1) is 10.2 Å². The highest BCUT2D eigenvalue weighted by atomic mass is 15.2. The molecule has 0 saturated heterocycles. The maximum absolute atomic E-state index is 4.66. The van der Waals surface area contributed by atoms with E-state index >= 15 is 0 Å². The van der Waals surface area contributed by atoms with Gasteiger partial charge < -0.3 is 9.88 Å². The van der Waals surface area contributed by atoms with Crippen LogP contribution in [0.15, 0.2) is 48.9 Å². The second-order valence-corrected chi connectivity index (χ2v) is 7.26. The molecule has 1 N–H and O–H groups in total. The largest absolute Gasteiger partial charge is 0.382 e. The Labute approximate surface area is 154 Å². The lowest BCUT2D eigenvalue weighted by Crippen LogP contribution is -2.27. The molecule has 26 heavy (non-hydrogen) atoms. The third-order valence-corrected chi connectivity index (χ3v) is 5.31. The maximum atomic E-state index is 4.66. The molecule has 134 valence electrons. The molecule has 0 bridgehead atoms. The summed E-state index contributed by atoms with van der Waals surface area (Å²) in [6, 6.07) is 13.1. The third-order valence-electron chi connectivity index (χ3n) is 5.31. The number of hydrogen-bond acceptors (Lipinski definition) is 4. The van der Waals surface area contributed by atoms with Gasteiger partial charge in [-0.1, -0.05) is 24.6 Å². The number of nitrogens with one attached hydrogen (secondary N) is 1. The van der Waals surface area contributed by atoms with Crippen molar-refractivity contribution in [3.63, 3.8) is 0 Å². The van der Waals surface area contributed by atoms with Gasteiger partial charge in [0.05, 0.1) is 0 Å². The van der Waals surface area contributed by atoms with Crippen molar-refractivity contribution in [1.29, 1.82) is 0 Å². The van der Waals surface area contributed by atoms with E-state index in [0.717, 1.165) is 23.5 Å². The molecule has 0 spiro atoms. The molecule has 1 fully saturated rings. The van der Waals surface area contributed by atoms with Crippen LogP contribution in [0.4, 0.5) is 5.69 Å². The van der Waals surface area contributed by atoms with Gasteiger partial charge in [-0.05, 0) is 49.9 Å². The first-order valence-corrected chi connectivity index (χ1v) is 9.33. The Morgan fingerprint density at radius 3 is 2.88 bits per heavy atom. The molecular formula is C21H25N5. The zero-order chi connectivity index (χ0) is 17.9. The molecule has 0 amide bonds. The molecule has 2 heterocycles. The molecule has 0 radical (unpaired) electrons. The molecule has 0 aliphatic heterocycles. The lowest BCUT2D eigenvalue weighted by molar-refractivity contribution is 0.404. The average Bonchev–Trinajstić information content (AvgIpc) is 3.09. The van der Waals surface area contributed by atoms with Crippen LogP contribution in [0.5, 0.6) is 0 Å². The van der Waals surface area contributed by atoms with Gasteiger partial charge in [0.2, 0.25) is 0 Å². The first-order chi connectivity index (χ1) is 12.7. The molecule has 1 saturated carbocycles. The van der Waals surface area contributed by atoms with E-state index in [1.165, 1.54) is 30.5 Å². The van der Waals surface area contributed by atoms with Crippen LogP contribution >= 0.6 is 0 Å². The topological polar surface area (TPSA) is 55.6 Å². The minimum Gasteiger partial charge on any atom is -0.382 e. The Balaban J connectivity index is 1.49. The summed E-state index contributed by atoms with van der Waals surface area (Å²) in [6.07, 6.45) is 8.46. The van der Waals surface area contributed by atoms with Gasteiger partial charge in [0.15, 0.2) is 5.82 Å². The summed E-state index contributed by atoms with van der Waals surface area (Å²) >= 11 is 0. The van der Waals surface area contributed by atoms with E-state index < -0.39 is 0 Å². The van der Waals surface area contributed by atoms with Crippen molar-refractivity contribution in [2.75, 3.05) is 5.32 Å². The standard InChI is InChI=1S/C21H25N5/c1-15-6-5-11-22-20(15)16-7-3-9-18(12-16)24-19-10-4-8-17(13-19)21-25-23-14-26(21)2/h4-6,8,10-11,13-14,16,18,24H,3,7,9,12H2,1-2H3/t16-,18-/m0/s1. The smallest absolute Gasteiger partial charge is 0.163 e. The zero-order valence-corrected chi connectivity index (χ0v) is 15.4. The summed E-state index contributed by atoms with van der Waals surface area (Å²) in [4.78, 5) is 4.66. The fraction of sp³-hybridized carbons (Fsp3) is 0.381. The predicted molar refractivity (Wildman–Crippen MR) is 104 cm³/mol. The molecule has 5 heteroatoms. The number of aromatic nitrogens is 4. The number of rotatable bonds is 4. The van der Waals surface area contributed by atoms with E-state index in [0.29, 0.717) is 12.0 Å². The summed E-state index contributed by atoms with van der Waals surface area (Å²) in [5.74, 6) is 1.43. The quantitative estimate of drug-likeness (QED) is 0.763. The Morgan fingerprint density at radius 2 is 2.08 bits per heavy atom. The van der Waals surface area contributed by atoms with E-state index in [-0.39, 0.29) is 0 Å².